The first kappa shape index (κ1) is 18.4. The molecule has 29 heavy (non-hydrogen) atoms. The summed E-state index contributed by atoms with van der Waals surface area (Å²) < 4.78 is 0. The van der Waals surface area contributed by atoms with E-state index in [2.05, 4.69) is 30.7 Å². The number of amidine groups is 1. The average molecular weight is 382 g/mol. The van der Waals surface area contributed by atoms with Gasteiger partial charge in [-0.25, -0.2) is 0 Å². The third-order valence-corrected chi connectivity index (χ3v) is 4.29. The molecule has 7 nitrogen and oxygen atoms in total. The highest BCUT2D eigenvalue weighted by Gasteiger charge is 2.19. The highest BCUT2D eigenvalue weighted by molar-refractivity contribution is 5.87. The average Bonchev–Trinajstić information content (AvgIpc) is 3.24. The number of phenols is 1. The summed E-state index contributed by atoms with van der Waals surface area (Å²) in [5, 5.41) is 34.9. The molecule has 0 amide bonds. The Balaban J connectivity index is 1.44. The molecule has 0 bridgehead atoms. The summed E-state index contributed by atoms with van der Waals surface area (Å²) in [5.41, 5.74) is 2.94. The normalized spacial score (nSPS) is 17.7. The van der Waals surface area contributed by atoms with Crippen molar-refractivity contribution < 1.29 is 5.11 Å². The van der Waals surface area contributed by atoms with E-state index in [-0.39, 0.29) is 11.8 Å². The maximum Gasteiger partial charge on any atom is 0.175 e. The molecule has 7 heteroatoms. The van der Waals surface area contributed by atoms with E-state index in [0.717, 1.165) is 11.3 Å². The molecule has 0 fully saturated rings. The van der Waals surface area contributed by atoms with Crippen LogP contribution >= 0.6 is 0 Å². The van der Waals surface area contributed by atoms with Crippen LogP contribution in [0, 0.1) is 0 Å². The number of nitrogens with zero attached hydrogens (tertiary/aromatic N) is 6. The molecule has 1 unspecified atom stereocenters. The standard InChI is InChI=1S/C22H18N6O/c29-21-12-11-19(25-24-18-9-5-2-6-10-18)13-17(21)15-23-27-22-14-20(26-28-22)16-7-3-1-4-8-16/h1-13,15,20,29H,14H2. The highest BCUT2D eigenvalue weighted by atomic mass is 16.3. The van der Waals surface area contributed by atoms with Gasteiger partial charge in [-0.2, -0.15) is 20.4 Å². The number of hydrogen-bond acceptors (Lipinski definition) is 6. The van der Waals surface area contributed by atoms with E-state index in [9.17, 15) is 5.11 Å². The molecule has 0 aromatic heterocycles. The van der Waals surface area contributed by atoms with Crippen LogP contribution in [0.3, 0.4) is 0 Å². The van der Waals surface area contributed by atoms with Gasteiger partial charge in [-0.05, 0) is 35.9 Å². The first-order valence-electron chi connectivity index (χ1n) is 9.13. The third-order valence-electron chi connectivity index (χ3n) is 4.29. The minimum atomic E-state index is -0.0275. The van der Waals surface area contributed by atoms with Gasteiger partial charge >= 0.3 is 0 Å². The third kappa shape index (κ3) is 4.84. The van der Waals surface area contributed by atoms with Crippen LogP contribution in [-0.4, -0.2) is 17.2 Å². The van der Waals surface area contributed by atoms with Crippen LogP contribution < -0.4 is 0 Å². The number of aromatic hydroxyl groups is 1. The highest BCUT2D eigenvalue weighted by Crippen LogP contribution is 2.27. The predicted octanol–water partition coefficient (Wildman–Crippen LogP) is 6.14. The largest absolute Gasteiger partial charge is 0.507 e. The van der Waals surface area contributed by atoms with Crippen molar-refractivity contribution in [3.05, 3.63) is 90.0 Å². The topological polar surface area (TPSA) is 94.4 Å². The molecule has 1 N–H and O–H groups in total. The number of benzene rings is 3. The molecule has 0 saturated carbocycles. The smallest absolute Gasteiger partial charge is 0.175 e. The zero-order valence-electron chi connectivity index (χ0n) is 15.5. The van der Waals surface area contributed by atoms with Crippen molar-refractivity contribution in [3.63, 3.8) is 0 Å². The second-order valence-electron chi connectivity index (χ2n) is 6.39. The predicted molar refractivity (Wildman–Crippen MR) is 112 cm³/mol. The van der Waals surface area contributed by atoms with Crippen LogP contribution in [0.1, 0.15) is 23.6 Å². The molecular weight excluding hydrogens is 364 g/mol. The molecule has 3 aromatic carbocycles. The Morgan fingerprint density at radius 1 is 0.862 bits per heavy atom. The minimum Gasteiger partial charge on any atom is -0.507 e. The lowest BCUT2D eigenvalue weighted by molar-refractivity contribution is 0.474. The number of azo groups is 2. The fourth-order valence-corrected chi connectivity index (χ4v) is 2.79. The lowest BCUT2D eigenvalue weighted by Crippen LogP contribution is -1.95. The van der Waals surface area contributed by atoms with Gasteiger partial charge in [0.2, 0.25) is 0 Å². The quantitative estimate of drug-likeness (QED) is 0.320. The first-order chi connectivity index (χ1) is 14.3. The van der Waals surface area contributed by atoms with Crippen molar-refractivity contribution in [2.24, 2.45) is 30.7 Å². The van der Waals surface area contributed by atoms with E-state index in [0.29, 0.717) is 23.5 Å². The zero-order chi connectivity index (χ0) is 19.9. The van der Waals surface area contributed by atoms with Crippen molar-refractivity contribution >= 4 is 23.4 Å². The van der Waals surface area contributed by atoms with Gasteiger partial charge in [0, 0.05) is 12.0 Å². The van der Waals surface area contributed by atoms with Crippen LogP contribution in [-0.2, 0) is 0 Å². The van der Waals surface area contributed by atoms with Crippen molar-refractivity contribution in [2.45, 2.75) is 12.5 Å². The number of phenolic OH excluding ortho intramolecular Hbond substituents is 1. The van der Waals surface area contributed by atoms with Gasteiger partial charge < -0.3 is 5.11 Å². The van der Waals surface area contributed by atoms with Crippen LogP contribution in [0.5, 0.6) is 5.75 Å². The fraction of sp³-hybridized carbons (Fsp3) is 0.0909. The lowest BCUT2D eigenvalue weighted by atomic mass is 10.1. The molecule has 0 saturated heterocycles. The lowest BCUT2D eigenvalue weighted by Gasteiger charge is -2.03. The molecule has 0 radical (unpaired) electrons. The van der Waals surface area contributed by atoms with Gasteiger partial charge in [0.1, 0.15) is 11.8 Å². The fourth-order valence-electron chi connectivity index (χ4n) is 2.79. The second kappa shape index (κ2) is 8.79. The summed E-state index contributed by atoms with van der Waals surface area (Å²) in [4.78, 5) is 0. The van der Waals surface area contributed by atoms with Gasteiger partial charge in [-0.1, -0.05) is 48.5 Å². The molecule has 142 valence electrons. The summed E-state index contributed by atoms with van der Waals surface area (Å²) in [6.45, 7) is 0. The van der Waals surface area contributed by atoms with E-state index in [4.69, 9.17) is 0 Å². The van der Waals surface area contributed by atoms with Crippen molar-refractivity contribution in [1.82, 2.24) is 0 Å². The molecule has 0 spiro atoms. The Labute approximate surface area is 167 Å². The molecule has 0 aliphatic carbocycles. The van der Waals surface area contributed by atoms with Gasteiger partial charge in [0.25, 0.3) is 0 Å². The Bertz CT molecular complexity index is 1090. The van der Waals surface area contributed by atoms with Crippen LogP contribution in [0.4, 0.5) is 11.4 Å². The number of hydrogen-bond donors (Lipinski definition) is 1. The Morgan fingerprint density at radius 2 is 1.59 bits per heavy atom. The summed E-state index contributed by atoms with van der Waals surface area (Å²) in [6.07, 6.45) is 2.06. The Hall–Kier alpha value is -4.00. The summed E-state index contributed by atoms with van der Waals surface area (Å²) in [7, 11) is 0. The van der Waals surface area contributed by atoms with E-state index >= 15 is 0 Å². The maximum atomic E-state index is 10.0. The van der Waals surface area contributed by atoms with Gasteiger partial charge in [-0.3, -0.25) is 0 Å². The van der Waals surface area contributed by atoms with Crippen molar-refractivity contribution in [3.8, 4) is 5.75 Å². The van der Waals surface area contributed by atoms with Gasteiger partial charge in [0.15, 0.2) is 5.84 Å². The zero-order valence-corrected chi connectivity index (χ0v) is 15.5. The van der Waals surface area contributed by atoms with E-state index in [1.165, 1.54) is 6.21 Å². The number of rotatable bonds is 5. The van der Waals surface area contributed by atoms with Crippen LogP contribution in [0.25, 0.3) is 0 Å². The Morgan fingerprint density at radius 3 is 2.38 bits per heavy atom. The molecule has 1 aliphatic heterocycles. The minimum absolute atomic E-state index is 0.0275. The van der Waals surface area contributed by atoms with Crippen LogP contribution in [0.2, 0.25) is 0 Å². The van der Waals surface area contributed by atoms with Crippen molar-refractivity contribution in [2.75, 3.05) is 0 Å². The molecule has 1 aliphatic rings. The molecule has 4 rings (SSSR count). The van der Waals surface area contributed by atoms with Crippen LogP contribution in [0.15, 0.2) is 110 Å². The molecule has 3 aromatic rings. The molecule has 1 heterocycles. The molecular formula is C22H18N6O. The first-order valence-corrected chi connectivity index (χ1v) is 9.13. The monoisotopic (exact) mass is 382 g/mol. The second-order valence-corrected chi connectivity index (χ2v) is 6.39. The van der Waals surface area contributed by atoms with Crippen molar-refractivity contribution in [1.29, 1.82) is 0 Å². The Kier molecular flexibility index (Phi) is 5.57. The van der Waals surface area contributed by atoms with Gasteiger partial charge in [0.05, 0.1) is 17.6 Å². The SMILES string of the molecule is Oc1ccc(N=Nc2ccccc2)cc1C=NN=C1CC(c2ccccc2)N=N1. The summed E-state index contributed by atoms with van der Waals surface area (Å²) in [6, 6.07) is 24.3. The van der Waals surface area contributed by atoms with Gasteiger partial charge in [-0.15, -0.1) is 10.2 Å². The van der Waals surface area contributed by atoms with E-state index in [1.54, 1.807) is 18.2 Å². The molecule has 1 atom stereocenters. The van der Waals surface area contributed by atoms with E-state index < -0.39 is 0 Å². The maximum absolute atomic E-state index is 10.0. The summed E-state index contributed by atoms with van der Waals surface area (Å²) in [5.74, 6) is 0.636. The van der Waals surface area contributed by atoms with E-state index in [1.807, 2.05) is 60.7 Å². The summed E-state index contributed by atoms with van der Waals surface area (Å²) >= 11 is 0.